The van der Waals surface area contributed by atoms with Gasteiger partial charge in [0.2, 0.25) is 0 Å². The van der Waals surface area contributed by atoms with Gasteiger partial charge in [-0.15, -0.1) is 0 Å². The van der Waals surface area contributed by atoms with Crippen LogP contribution in [0.15, 0.2) is 224 Å². The Hall–Kier alpha value is -7.68. The molecule has 0 aliphatic carbocycles. The number of rotatable bonds is 5. The number of anilines is 3. The maximum Gasteiger partial charge on any atom is 0.135 e. The fourth-order valence-corrected chi connectivity index (χ4v) is 9.20. The van der Waals surface area contributed by atoms with Crippen molar-refractivity contribution >= 4 is 38.6 Å². The number of hydrogen-bond donors (Lipinski definition) is 0. The fraction of sp³-hybridized carbons (Fsp3) is 0.0345. The summed E-state index contributed by atoms with van der Waals surface area (Å²) < 4.78 is 7.29. The molecule has 1 atom stereocenters. The summed E-state index contributed by atoms with van der Waals surface area (Å²) in [6.45, 7) is 2.20. The Bertz CT molecular complexity index is 3190. The zero-order valence-corrected chi connectivity index (χ0v) is 33.3. The first-order valence-corrected chi connectivity index (χ1v) is 20.7. The van der Waals surface area contributed by atoms with Crippen molar-refractivity contribution in [1.29, 1.82) is 0 Å². The van der Waals surface area contributed by atoms with Crippen molar-refractivity contribution in [3.8, 4) is 61.4 Å². The van der Waals surface area contributed by atoms with Crippen LogP contribution in [-0.2, 0) is 0 Å². The van der Waals surface area contributed by atoms with Gasteiger partial charge in [0.05, 0.1) is 0 Å². The highest BCUT2D eigenvalue weighted by Gasteiger charge is 2.26. The minimum atomic E-state index is -0.220. The van der Waals surface area contributed by atoms with Crippen LogP contribution in [-0.4, -0.2) is 0 Å². The summed E-state index contributed by atoms with van der Waals surface area (Å²) in [6, 6.07) is 81.1. The Balaban J connectivity index is 1.08. The number of para-hydroxylation sites is 1. The van der Waals surface area contributed by atoms with E-state index in [1.807, 2.05) is 0 Å². The van der Waals surface area contributed by atoms with E-state index in [9.17, 15) is 0 Å². The molecule has 0 N–H and O–H groups in total. The Kier molecular flexibility index (Phi) is 8.82. The van der Waals surface area contributed by atoms with Gasteiger partial charge >= 0.3 is 0 Å². The lowest BCUT2D eigenvalue weighted by Gasteiger charge is -2.27. The van der Waals surface area contributed by atoms with E-state index >= 15 is 0 Å². The van der Waals surface area contributed by atoms with E-state index in [2.05, 4.69) is 236 Å². The van der Waals surface area contributed by atoms with Crippen molar-refractivity contribution < 1.29 is 4.74 Å². The summed E-state index contributed by atoms with van der Waals surface area (Å²) >= 11 is 0. The molecule has 11 rings (SSSR count). The Morgan fingerprint density at radius 1 is 0.333 bits per heavy atom. The van der Waals surface area contributed by atoms with E-state index in [0.29, 0.717) is 0 Å². The minimum absolute atomic E-state index is 0.220. The Morgan fingerprint density at radius 3 is 1.60 bits per heavy atom. The van der Waals surface area contributed by atoms with Crippen molar-refractivity contribution in [3.05, 3.63) is 230 Å². The first-order chi connectivity index (χ1) is 29.7. The monoisotopic (exact) mass is 767 g/mol. The average molecular weight is 768 g/mol. The molecule has 0 saturated carbocycles. The second kappa shape index (κ2) is 14.9. The highest BCUT2D eigenvalue weighted by Crippen LogP contribution is 2.50. The van der Waals surface area contributed by atoms with E-state index in [1.165, 1.54) is 49.7 Å². The number of ether oxygens (including phenoxy) is 1. The first kappa shape index (κ1) is 35.5. The van der Waals surface area contributed by atoms with Gasteiger partial charge in [-0.2, -0.15) is 0 Å². The summed E-state index contributed by atoms with van der Waals surface area (Å²) in [6.07, 6.45) is -0.220. The number of hydrogen-bond acceptors (Lipinski definition) is 2. The third kappa shape index (κ3) is 6.22. The maximum absolute atomic E-state index is 7.29. The van der Waals surface area contributed by atoms with Crippen LogP contribution in [0.4, 0.5) is 17.1 Å². The molecule has 10 aromatic rings. The summed E-state index contributed by atoms with van der Waals surface area (Å²) in [4.78, 5) is 2.33. The van der Waals surface area contributed by atoms with E-state index in [0.717, 1.165) is 55.8 Å². The van der Waals surface area contributed by atoms with Crippen molar-refractivity contribution in [2.45, 2.75) is 13.0 Å². The van der Waals surface area contributed by atoms with Crippen LogP contribution in [0.2, 0.25) is 0 Å². The Labute approximate surface area is 351 Å². The second-order valence-corrected chi connectivity index (χ2v) is 15.6. The van der Waals surface area contributed by atoms with Crippen LogP contribution >= 0.6 is 0 Å². The third-order valence-electron chi connectivity index (χ3n) is 12.1. The summed E-state index contributed by atoms with van der Waals surface area (Å²) in [7, 11) is 0. The van der Waals surface area contributed by atoms with Gasteiger partial charge in [0.1, 0.15) is 11.9 Å². The molecular formula is C58H41NO. The molecule has 0 radical (unpaired) electrons. The molecule has 10 aromatic carbocycles. The third-order valence-corrected chi connectivity index (χ3v) is 12.1. The lowest BCUT2D eigenvalue weighted by Crippen LogP contribution is -2.09. The van der Waals surface area contributed by atoms with Crippen molar-refractivity contribution in [1.82, 2.24) is 0 Å². The molecule has 1 heterocycles. The minimum Gasteiger partial charge on any atom is -0.485 e. The fourth-order valence-electron chi connectivity index (χ4n) is 9.20. The first-order valence-electron chi connectivity index (χ1n) is 20.7. The molecule has 0 bridgehead atoms. The summed E-state index contributed by atoms with van der Waals surface area (Å²) in [5.74, 6) is 0.906. The molecule has 60 heavy (non-hydrogen) atoms. The molecule has 0 aromatic heterocycles. The van der Waals surface area contributed by atoms with Crippen molar-refractivity contribution in [2.75, 3.05) is 4.90 Å². The molecule has 0 saturated heterocycles. The van der Waals surface area contributed by atoms with Crippen LogP contribution in [0.1, 0.15) is 18.6 Å². The quantitative estimate of drug-likeness (QED) is 0.173. The zero-order chi connectivity index (χ0) is 40.0. The molecule has 284 valence electrons. The maximum atomic E-state index is 7.29. The predicted molar refractivity (Wildman–Crippen MR) is 252 cm³/mol. The van der Waals surface area contributed by atoms with Crippen molar-refractivity contribution in [3.63, 3.8) is 0 Å². The van der Waals surface area contributed by atoms with Gasteiger partial charge in [0.15, 0.2) is 0 Å². The average Bonchev–Trinajstić information content (AvgIpc) is 3.32. The largest absolute Gasteiger partial charge is 0.485 e. The highest BCUT2D eigenvalue weighted by atomic mass is 16.5. The molecular weight excluding hydrogens is 727 g/mol. The van der Waals surface area contributed by atoms with E-state index < -0.39 is 0 Å². The normalized spacial score (nSPS) is 13.1. The smallest absolute Gasteiger partial charge is 0.135 e. The van der Waals surface area contributed by atoms with Gasteiger partial charge in [0.25, 0.3) is 0 Å². The van der Waals surface area contributed by atoms with Gasteiger partial charge in [-0.05, 0) is 122 Å². The number of benzene rings is 10. The highest BCUT2D eigenvalue weighted by molar-refractivity contribution is 6.03. The van der Waals surface area contributed by atoms with Gasteiger partial charge in [0, 0.05) is 33.6 Å². The second-order valence-electron chi connectivity index (χ2n) is 15.6. The molecule has 0 unspecified atom stereocenters. The van der Waals surface area contributed by atoms with Crippen LogP contribution in [0, 0.1) is 0 Å². The molecule has 1 aliphatic heterocycles. The lowest BCUT2D eigenvalue weighted by molar-refractivity contribution is 0.233. The molecule has 1 aliphatic rings. The Morgan fingerprint density at radius 2 is 0.833 bits per heavy atom. The molecule has 0 spiro atoms. The van der Waals surface area contributed by atoms with E-state index in [-0.39, 0.29) is 6.10 Å². The molecule has 2 nitrogen and oxygen atoms in total. The summed E-state index contributed by atoms with van der Waals surface area (Å²) in [5.41, 5.74) is 16.2. The van der Waals surface area contributed by atoms with Gasteiger partial charge in [-0.1, -0.05) is 176 Å². The van der Waals surface area contributed by atoms with Crippen LogP contribution < -0.4 is 9.64 Å². The van der Waals surface area contributed by atoms with E-state index in [4.69, 9.17) is 4.74 Å². The lowest BCUT2D eigenvalue weighted by atomic mass is 9.83. The van der Waals surface area contributed by atoms with Crippen LogP contribution in [0.3, 0.4) is 0 Å². The number of fused-ring (bicyclic) bond motifs is 11. The molecule has 0 amide bonds. The van der Waals surface area contributed by atoms with Crippen molar-refractivity contribution in [2.24, 2.45) is 0 Å². The van der Waals surface area contributed by atoms with Gasteiger partial charge in [-0.25, -0.2) is 0 Å². The van der Waals surface area contributed by atoms with E-state index in [1.54, 1.807) is 0 Å². The molecule has 0 fully saturated rings. The zero-order valence-electron chi connectivity index (χ0n) is 33.3. The predicted octanol–water partition coefficient (Wildman–Crippen LogP) is 16.3. The van der Waals surface area contributed by atoms with Crippen LogP contribution in [0.25, 0.3) is 77.2 Å². The SMILES string of the molecule is C[C@@H]1Oc2c(ccc3ccccc23)-c2cc(-c3ccc(N(c4ccccc4)c4cccc(-c5ccccc5)c4)cc3)ccc2-c2ccccc2-c2ccc3ccccc3c21. The topological polar surface area (TPSA) is 12.5 Å². The van der Waals surface area contributed by atoms with Crippen LogP contribution in [0.5, 0.6) is 5.75 Å². The molecule has 2 heteroatoms. The van der Waals surface area contributed by atoms with Gasteiger partial charge < -0.3 is 9.64 Å². The van der Waals surface area contributed by atoms with Gasteiger partial charge in [-0.3, -0.25) is 0 Å². The number of nitrogens with zero attached hydrogens (tertiary/aromatic N) is 1. The summed E-state index contributed by atoms with van der Waals surface area (Å²) in [5, 5.41) is 4.69. The standard InChI is InChI=1S/C58H41NO/c1-39-57-49-23-10-8-17-42(49)29-35-54(57)52-26-13-12-25-51(52)53-34-31-45(38-56(53)55-36-30-43-18-9-11-24-50(43)58(55)60-39)41-27-32-47(33-28-41)59(46-20-6-3-7-21-46)48-22-14-19-44(37-48)40-15-4-2-5-16-40/h2-39H,1H3/t39-/m0/s1.